The van der Waals surface area contributed by atoms with Crippen LogP contribution in [0.2, 0.25) is 0 Å². The zero-order valence-electron chi connectivity index (χ0n) is 13.8. The molecule has 1 saturated heterocycles. The second kappa shape index (κ2) is 8.51. The lowest BCUT2D eigenvalue weighted by Crippen LogP contribution is -2.49. The fraction of sp³-hybridized carbons (Fsp3) is 0.529. The molecule has 2 amide bonds. The highest BCUT2D eigenvalue weighted by atomic mass is 32.2. The van der Waals surface area contributed by atoms with Gasteiger partial charge in [-0.25, -0.2) is 4.79 Å². The van der Waals surface area contributed by atoms with Gasteiger partial charge in [-0.3, -0.25) is 0 Å². The van der Waals surface area contributed by atoms with E-state index in [0.29, 0.717) is 5.25 Å². The van der Waals surface area contributed by atoms with Crippen LogP contribution < -0.4 is 5.32 Å². The van der Waals surface area contributed by atoms with Crippen molar-refractivity contribution < 1.29 is 4.79 Å². The normalized spacial score (nSPS) is 22.3. The van der Waals surface area contributed by atoms with Gasteiger partial charge in [-0.2, -0.15) is 17.0 Å². The fourth-order valence-corrected chi connectivity index (χ4v) is 4.41. The van der Waals surface area contributed by atoms with Crippen molar-refractivity contribution in [3.8, 4) is 6.07 Å². The van der Waals surface area contributed by atoms with Crippen LogP contribution in [0.3, 0.4) is 0 Å². The second-order valence-corrected chi connectivity index (χ2v) is 8.32. The van der Waals surface area contributed by atoms with Crippen molar-refractivity contribution in [3.05, 3.63) is 24.3 Å². The molecule has 0 spiro atoms. The van der Waals surface area contributed by atoms with Gasteiger partial charge in [0.2, 0.25) is 0 Å². The number of nitrogens with one attached hydrogen (secondary N) is 1. The lowest BCUT2D eigenvalue weighted by Gasteiger charge is -2.37. The van der Waals surface area contributed by atoms with E-state index in [9.17, 15) is 4.79 Å². The third-order valence-electron chi connectivity index (χ3n) is 3.98. The Balaban J connectivity index is 2.04. The number of para-hydroxylation sites is 1. The summed E-state index contributed by atoms with van der Waals surface area (Å²) in [4.78, 5) is 15.5. The van der Waals surface area contributed by atoms with Gasteiger partial charge in [0, 0.05) is 34.2 Å². The number of thioether (sulfide) groups is 2. The van der Waals surface area contributed by atoms with Gasteiger partial charge in [0.1, 0.15) is 0 Å². The van der Waals surface area contributed by atoms with E-state index in [-0.39, 0.29) is 18.0 Å². The Morgan fingerprint density at radius 3 is 3.00 bits per heavy atom. The molecule has 0 aromatic heterocycles. The van der Waals surface area contributed by atoms with Crippen molar-refractivity contribution in [3.63, 3.8) is 0 Å². The fourth-order valence-electron chi connectivity index (χ4n) is 2.35. The summed E-state index contributed by atoms with van der Waals surface area (Å²) in [5.41, 5.74) is 0.825. The van der Waals surface area contributed by atoms with E-state index in [4.69, 9.17) is 5.26 Å². The lowest BCUT2D eigenvalue weighted by atomic mass is 10.2. The van der Waals surface area contributed by atoms with Crippen molar-refractivity contribution in [2.75, 3.05) is 23.4 Å². The van der Waals surface area contributed by atoms with E-state index in [1.807, 2.05) is 47.9 Å². The number of benzene rings is 1. The molecule has 0 saturated carbocycles. The van der Waals surface area contributed by atoms with Crippen molar-refractivity contribution in [1.29, 1.82) is 5.26 Å². The number of anilines is 1. The van der Waals surface area contributed by atoms with Crippen molar-refractivity contribution in [1.82, 2.24) is 4.90 Å². The number of nitriles is 1. The molecule has 1 aliphatic heterocycles. The minimum absolute atomic E-state index is 0.0104. The Morgan fingerprint density at radius 1 is 1.52 bits per heavy atom. The zero-order chi connectivity index (χ0) is 16.8. The van der Waals surface area contributed by atoms with E-state index in [2.05, 4.69) is 25.2 Å². The molecule has 0 aliphatic carbocycles. The molecule has 3 atom stereocenters. The van der Waals surface area contributed by atoms with Crippen LogP contribution in [-0.4, -0.2) is 40.3 Å². The van der Waals surface area contributed by atoms with Crippen molar-refractivity contribution in [2.24, 2.45) is 5.92 Å². The third-order valence-corrected chi connectivity index (χ3v) is 6.65. The van der Waals surface area contributed by atoms with Gasteiger partial charge < -0.3 is 10.2 Å². The number of rotatable bonds is 4. The number of nitrogens with zero attached hydrogens (tertiary/aromatic N) is 2. The number of carbonyl (C=O) groups is 1. The zero-order valence-corrected chi connectivity index (χ0v) is 15.4. The summed E-state index contributed by atoms with van der Waals surface area (Å²) in [6, 6.07) is 10.2. The molecule has 23 heavy (non-hydrogen) atoms. The van der Waals surface area contributed by atoms with Gasteiger partial charge in [-0.1, -0.05) is 19.1 Å². The van der Waals surface area contributed by atoms with E-state index in [0.717, 1.165) is 28.6 Å². The number of amides is 2. The molecule has 0 bridgehead atoms. The largest absolute Gasteiger partial charge is 0.322 e. The predicted molar refractivity (Wildman–Crippen MR) is 99.0 cm³/mol. The first-order valence-corrected chi connectivity index (χ1v) is 9.87. The number of hydrogen-bond acceptors (Lipinski definition) is 4. The molecule has 1 N–H and O–H groups in total. The van der Waals surface area contributed by atoms with Gasteiger partial charge in [-0.15, -0.1) is 11.8 Å². The lowest BCUT2D eigenvalue weighted by molar-refractivity contribution is 0.194. The Labute approximate surface area is 147 Å². The minimum Gasteiger partial charge on any atom is -0.320 e. The second-order valence-electron chi connectivity index (χ2n) is 5.78. The third kappa shape index (κ3) is 4.82. The number of carbonyl (C=O) groups excluding carboxylic acids is 1. The molecule has 1 aliphatic rings. The summed E-state index contributed by atoms with van der Waals surface area (Å²) >= 11 is 3.52. The molecule has 1 fully saturated rings. The monoisotopic (exact) mass is 349 g/mol. The molecular formula is C17H23N3OS2. The topological polar surface area (TPSA) is 56.1 Å². The van der Waals surface area contributed by atoms with Gasteiger partial charge in [0.15, 0.2) is 0 Å². The molecule has 2 rings (SSSR count). The van der Waals surface area contributed by atoms with E-state index < -0.39 is 0 Å². The van der Waals surface area contributed by atoms with E-state index in [1.54, 1.807) is 11.8 Å². The summed E-state index contributed by atoms with van der Waals surface area (Å²) < 4.78 is 0. The molecule has 0 radical (unpaired) electrons. The Bertz CT molecular complexity index is 587. The van der Waals surface area contributed by atoms with Crippen molar-refractivity contribution >= 4 is 35.2 Å². The quantitative estimate of drug-likeness (QED) is 0.824. The Hall–Kier alpha value is -1.32. The van der Waals surface area contributed by atoms with Crippen LogP contribution in [0.5, 0.6) is 0 Å². The van der Waals surface area contributed by atoms with Gasteiger partial charge in [0.25, 0.3) is 0 Å². The summed E-state index contributed by atoms with van der Waals surface area (Å²) in [6.07, 6.45) is 0. The molecule has 1 aromatic rings. The summed E-state index contributed by atoms with van der Waals surface area (Å²) in [5, 5.41) is 12.4. The molecule has 1 heterocycles. The van der Waals surface area contributed by atoms with Gasteiger partial charge in [-0.05, 0) is 26.0 Å². The molecule has 6 heteroatoms. The molecular weight excluding hydrogens is 326 g/mol. The maximum atomic E-state index is 12.6. The maximum Gasteiger partial charge on any atom is 0.322 e. The highest BCUT2D eigenvalue weighted by Crippen LogP contribution is 2.30. The predicted octanol–water partition coefficient (Wildman–Crippen LogP) is 4.30. The molecule has 1 aromatic carbocycles. The highest BCUT2D eigenvalue weighted by Gasteiger charge is 2.29. The summed E-state index contributed by atoms with van der Waals surface area (Å²) in [5.74, 6) is 1.69. The Kier molecular flexibility index (Phi) is 6.67. The van der Waals surface area contributed by atoms with Crippen molar-refractivity contribution in [2.45, 2.75) is 37.0 Å². The first-order chi connectivity index (χ1) is 11.0. The van der Waals surface area contributed by atoms with Crippen LogP contribution in [0.15, 0.2) is 29.2 Å². The van der Waals surface area contributed by atoms with E-state index in [1.165, 1.54) is 0 Å². The summed E-state index contributed by atoms with van der Waals surface area (Å²) in [7, 11) is 0. The Morgan fingerprint density at radius 2 is 2.26 bits per heavy atom. The number of urea groups is 1. The SMILES string of the molecule is C[C@H](C#N)CSc1ccccc1NC(=O)N1CCS[C@@H](C)[C@@H]1C. The summed E-state index contributed by atoms with van der Waals surface area (Å²) in [6.45, 7) is 6.96. The first kappa shape index (κ1) is 18.0. The standard InChI is InChI=1S/C17H23N3OS2/c1-12(10-18)11-23-16-7-5-4-6-15(16)19-17(21)20-8-9-22-14(3)13(20)2/h4-7,12-14H,8-9,11H2,1-3H3,(H,19,21)/t12-,13+,14+/m1/s1. The number of hydrogen-bond donors (Lipinski definition) is 1. The van der Waals surface area contributed by atoms with Gasteiger partial charge in [0.05, 0.1) is 17.7 Å². The van der Waals surface area contributed by atoms with Crippen LogP contribution in [-0.2, 0) is 0 Å². The van der Waals surface area contributed by atoms with Crippen LogP contribution in [0, 0.1) is 17.2 Å². The highest BCUT2D eigenvalue weighted by molar-refractivity contribution is 8.00. The smallest absolute Gasteiger partial charge is 0.320 e. The van der Waals surface area contributed by atoms with Crippen LogP contribution in [0.4, 0.5) is 10.5 Å². The van der Waals surface area contributed by atoms with Crippen LogP contribution >= 0.6 is 23.5 Å². The minimum atomic E-state index is -0.0361. The first-order valence-electron chi connectivity index (χ1n) is 7.83. The van der Waals surface area contributed by atoms with Crippen LogP contribution in [0.1, 0.15) is 20.8 Å². The average molecular weight is 350 g/mol. The van der Waals surface area contributed by atoms with Gasteiger partial charge >= 0.3 is 6.03 Å². The molecule has 124 valence electrons. The van der Waals surface area contributed by atoms with Crippen LogP contribution in [0.25, 0.3) is 0 Å². The molecule has 4 nitrogen and oxygen atoms in total. The van der Waals surface area contributed by atoms with E-state index >= 15 is 0 Å². The molecule has 0 unspecified atom stereocenters. The maximum absolute atomic E-state index is 12.6. The average Bonchev–Trinajstić information content (AvgIpc) is 2.56.